The van der Waals surface area contributed by atoms with E-state index in [1.807, 2.05) is 6.92 Å². The van der Waals surface area contributed by atoms with Gasteiger partial charge in [0.1, 0.15) is 0 Å². The lowest BCUT2D eigenvalue weighted by molar-refractivity contribution is -0.154. The molecule has 5 atom stereocenters. The second-order valence-electron chi connectivity index (χ2n) is 5.92. The molecule has 0 radical (unpaired) electrons. The molecule has 1 aromatic carbocycles. The average Bonchev–Trinajstić information content (AvgIpc) is 2.33. The zero-order chi connectivity index (χ0) is 13.2. The molecule has 1 aromatic rings. The highest BCUT2D eigenvalue weighted by molar-refractivity contribution is 7.86. The molecule has 4 heteroatoms. The summed E-state index contributed by atoms with van der Waals surface area (Å²) in [4.78, 5) is 0.265. The van der Waals surface area contributed by atoms with Crippen LogP contribution in [-0.4, -0.2) is 14.5 Å². The maximum atomic E-state index is 12.2. The van der Waals surface area contributed by atoms with Gasteiger partial charge in [-0.05, 0) is 49.1 Å². The van der Waals surface area contributed by atoms with Crippen LogP contribution in [0.25, 0.3) is 0 Å². The van der Waals surface area contributed by atoms with Crippen molar-refractivity contribution in [2.24, 2.45) is 23.7 Å². The lowest BCUT2D eigenvalue weighted by atomic mass is 9.42. The predicted molar refractivity (Wildman–Crippen MR) is 71.0 cm³/mol. The van der Waals surface area contributed by atoms with Crippen LogP contribution in [0.5, 0.6) is 0 Å². The molecule has 3 aliphatic carbocycles. The van der Waals surface area contributed by atoms with Gasteiger partial charge in [-0.1, -0.05) is 29.8 Å². The standard InChI is InChI=1S/C15H16O3S/c1-9-2-4-10(5-3-9)19(16,17)18-14-8-13-11-6-7-12(11)15(13)14/h2-7,11-15H,8H2,1H3/t11-,12-,13-,14-,15-/m0/s1. The lowest BCUT2D eigenvalue weighted by Crippen LogP contribution is -2.63. The smallest absolute Gasteiger partial charge is 0.263 e. The molecule has 4 rings (SSSR count). The fourth-order valence-electron chi connectivity index (χ4n) is 3.67. The first kappa shape index (κ1) is 11.7. The van der Waals surface area contributed by atoms with E-state index >= 15 is 0 Å². The Morgan fingerprint density at radius 2 is 1.79 bits per heavy atom. The van der Waals surface area contributed by atoms with Crippen molar-refractivity contribution < 1.29 is 12.6 Å². The third-order valence-corrected chi connectivity index (χ3v) is 6.28. The van der Waals surface area contributed by atoms with Crippen molar-refractivity contribution in [3.8, 4) is 0 Å². The fraction of sp³-hybridized carbons (Fsp3) is 0.467. The van der Waals surface area contributed by atoms with E-state index in [9.17, 15) is 8.42 Å². The van der Waals surface area contributed by atoms with E-state index in [1.165, 1.54) is 0 Å². The van der Waals surface area contributed by atoms with E-state index in [1.54, 1.807) is 24.3 Å². The van der Waals surface area contributed by atoms with Gasteiger partial charge in [0.2, 0.25) is 0 Å². The number of benzene rings is 1. The summed E-state index contributed by atoms with van der Waals surface area (Å²) in [5.74, 6) is 2.41. The van der Waals surface area contributed by atoms with E-state index in [-0.39, 0.29) is 11.0 Å². The molecule has 0 amide bonds. The van der Waals surface area contributed by atoms with Crippen LogP contribution in [-0.2, 0) is 14.3 Å². The zero-order valence-electron chi connectivity index (χ0n) is 10.7. The molecule has 2 fully saturated rings. The van der Waals surface area contributed by atoms with Crippen LogP contribution in [0.15, 0.2) is 41.3 Å². The highest BCUT2D eigenvalue weighted by Crippen LogP contribution is 2.64. The minimum atomic E-state index is -3.60. The SMILES string of the molecule is Cc1ccc(S(=O)(=O)O[C@H]2C[C@H]3[C@H]4C=C[C@@H]4[C@@H]32)cc1. The molecule has 0 aromatic heterocycles. The fourth-order valence-corrected chi connectivity index (χ4v) is 4.78. The zero-order valence-corrected chi connectivity index (χ0v) is 11.5. The van der Waals surface area contributed by atoms with Crippen LogP contribution in [0.3, 0.4) is 0 Å². The number of aryl methyl sites for hydroxylation is 1. The summed E-state index contributed by atoms with van der Waals surface area (Å²) in [6, 6.07) is 6.84. The molecule has 3 nitrogen and oxygen atoms in total. The highest BCUT2D eigenvalue weighted by Gasteiger charge is 2.63. The number of fused-ring (bicyclic) bond motifs is 4. The Labute approximate surface area is 113 Å². The molecule has 0 heterocycles. The first-order valence-corrected chi connectivity index (χ1v) is 8.15. The molecule has 0 bridgehead atoms. The molecule has 19 heavy (non-hydrogen) atoms. The summed E-state index contributed by atoms with van der Waals surface area (Å²) in [7, 11) is -3.60. The van der Waals surface area contributed by atoms with E-state index in [2.05, 4.69) is 12.2 Å². The Morgan fingerprint density at radius 3 is 2.37 bits per heavy atom. The normalized spacial score (nSPS) is 38.5. The third-order valence-electron chi connectivity index (χ3n) is 4.93. The van der Waals surface area contributed by atoms with Gasteiger partial charge in [-0.25, -0.2) is 0 Å². The van der Waals surface area contributed by atoms with Crippen LogP contribution in [0.4, 0.5) is 0 Å². The van der Waals surface area contributed by atoms with Gasteiger partial charge in [0.05, 0.1) is 11.0 Å². The van der Waals surface area contributed by atoms with Crippen molar-refractivity contribution in [1.29, 1.82) is 0 Å². The van der Waals surface area contributed by atoms with Gasteiger partial charge in [-0.3, -0.25) is 4.18 Å². The Bertz CT molecular complexity index is 644. The first-order valence-electron chi connectivity index (χ1n) is 6.74. The molecule has 3 aliphatic rings. The van der Waals surface area contributed by atoms with Gasteiger partial charge in [0, 0.05) is 0 Å². The van der Waals surface area contributed by atoms with E-state index in [4.69, 9.17) is 4.18 Å². The summed E-state index contributed by atoms with van der Waals surface area (Å²) in [5, 5.41) is 0. The number of hydrogen-bond donors (Lipinski definition) is 0. The third kappa shape index (κ3) is 1.56. The van der Waals surface area contributed by atoms with Crippen molar-refractivity contribution in [2.75, 3.05) is 0 Å². The van der Waals surface area contributed by atoms with Crippen molar-refractivity contribution in [1.82, 2.24) is 0 Å². The number of hydrogen-bond acceptors (Lipinski definition) is 3. The van der Waals surface area contributed by atoms with Gasteiger partial charge < -0.3 is 0 Å². The summed E-state index contributed by atoms with van der Waals surface area (Å²) < 4.78 is 29.8. The Morgan fingerprint density at radius 1 is 1.11 bits per heavy atom. The topological polar surface area (TPSA) is 43.4 Å². The molecule has 0 unspecified atom stereocenters. The molecule has 0 N–H and O–H groups in total. The van der Waals surface area contributed by atoms with E-state index in [0.29, 0.717) is 23.7 Å². The van der Waals surface area contributed by atoms with E-state index < -0.39 is 10.1 Å². The van der Waals surface area contributed by atoms with Gasteiger partial charge in [-0.2, -0.15) is 8.42 Å². The maximum absolute atomic E-state index is 12.2. The van der Waals surface area contributed by atoms with Crippen LogP contribution in [0, 0.1) is 30.6 Å². The first-order chi connectivity index (χ1) is 9.06. The summed E-state index contributed by atoms with van der Waals surface area (Å²) in [6.07, 6.45) is 5.22. The second-order valence-corrected chi connectivity index (χ2v) is 7.49. The van der Waals surface area contributed by atoms with Gasteiger partial charge in [-0.15, -0.1) is 0 Å². The Hall–Kier alpha value is -1.13. The predicted octanol–water partition coefficient (Wildman–Crippen LogP) is 2.52. The Balaban J connectivity index is 1.50. The number of allylic oxidation sites excluding steroid dienone is 2. The lowest BCUT2D eigenvalue weighted by Gasteiger charge is -2.64. The van der Waals surface area contributed by atoms with Crippen LogP contribution in [0.1, 0.15) is 12.0 Å². The minimum Gasteiger partial charge on any atom is -0.263 e. The summed E-state index contributed by atoms with van der Waals surface area (Å²) >= 11 is 0. The Kier molecular flexibility index (Phi) is 2.28. The quantitative estimate of drug-likeness (QED) is 0.629. The molecule has 0 saturated heterocycles. The summed E-state index contributed by atoms with van der Waals surface area (Å²) in [6.45, 7) is 1.94. The molecule has 100 valence electrons. The molecule has 0 aliphatic heterocycles. The molecular formula is C15H16O3S. The maximum Gasteiger partial charge on any atom is 0.297 e. The largest absolute Gasteiger partial charge is 0.297 e. The van der Waals surface area contributed by atoms with Crippen molar-refractivity contribution >= 4 is 10.1 Å². The van der Waals surface area contributed by atoms with Gasteiger partial charge >= 0.3 is 0 Å². The van der Waals surface area contributed by atoms with Crippen LogP contribution in [0.2, 0.25) is 0 Å². The average molecular weight is 276 g/mol. The van der Waals surface area contributed by atoms with Crippen LogP contribution < -0.4 is 0 Å². The highest BCUT2D eigenvalue weighted by atomic mass is 32.2. The number of rotatable bonds is 3. The van der Waals surface area contributed by atoms with Crippen LogP contribution >= 0.6 is 0 Å². The minimum absolute atomic E-state index is 0.109. The second kappa shape index (κ2) is 3.70. The molecule has 2 saturated carbocycles. The van der Waals surface area contributed by atoms with Crippen molar-refractivity contribution in [2.45, 2.75) is 24.3 Å². The van der Waals surface area contributed by atoms with Crippen molar-refractivity contribution in [3.63, 3.8) is 0 Å². The van der Waals surface area contributed by atoms with Gasteiger partial charge in [0.25, 0.3) is 10.1 Å². The van der Waals surface area contributed by atoms with Crippen molar-refractivity contribution in [3.05, 3.63) is 42.0 Å². The van der Waals surface area contributed by atoms with E-state index in [0.717, 1.165) is 12.0 Å². The molecule has 0 spiro atoms. The summed E-state index contributed by atoms with van der Waals surface area (Å²) in [5.41, 5.74) is 1.05. The van der Waals surface area contributed by atoms with Gasteiger partial charge in [0.15, 0.2) is 0 Å². The monoisotopic (exact) mass is 276 g/mol. The molecular weight excluding hydrogens is 260 g/mol.